The van der Waals surface area contributed by atoms with Crippen LogP contribution in [0.4, 0.5) is 0 Å². The number of hydrogen-bond donors (Lipinski definition) is 1. The molecule has 2 rings (SSSR count). The molecule has 1 N–H and O–H groups in total. The van der Waals surface area contributed by atoms with Gasteiger partial charge < -0.3 is 14.6 Å². The Morgan fingerprint density at radius 1 is 1.21 bits per heavy atom. The van der Waals surface area contributed by atoms with Crippen LogP contribution < -0.4 is 9.47 Å². The van der Waals surface area contributed by atoms with Crippen LogP contribution in [0.15, 0.2) is 34.1 Å². The number of benzene rings is 1. The van der Waals surface area contributed by atoms with Gasteiger partial charge in [-0.15, -0.1) is 11.3 Å². The molecule has 0 saturated heterocycles. The van der Waals surface area contributed by atoms with Crippen molar-refractivity contribution in [2.24, 2.45) is 0 Å². The van der Waals surface area contributed by atoms with Crippen molar-refractivity contribution in [2.45, 2.75) is 12.5 Å². The smallest absolute Gasteiger partial charge is 0.124 e. The lowest BCUT2D eigenvalue weighted by molar-refractivity contribution is 0.174. The van der Waals surface area contributed by atoms with Gasteiger partial charge in [-0.3, -0.25) is 0 Å². The lowest BCUT2D eigenvalue weighted by Gasteiger charge is -2.15. The van der Waals surface area contributed by atoms with Gasteiger partial charge in [-0.1, -0.05) is 0 Å². The van der Waals surface area contributed by atoms with E-state index in [2.05, 4.69) is 15.9 Å². The highest BCUT2D eigenvalue weighted by molar-refractivity contribution is 9.11. The van der Waals surface area contributed by atoms with Gasteiger partial charge in [-0.25, -0.2) is 0 Å². The monoisotopic (exact) mass is 342 g/mol. The van der Waals surface area contributed by atoms with Gasteiger partial charge in [-0.05, 0) is 46.3 Å². The van der Waals surface area contributed by atoms with E-state index in [4.69, 9.17) is 9.47 Å². The third-order valence-electron chi connectivity index (χ3n) is 2.82. The molecule has 1 atom stereocenters. The first-order valence-electron chi connectivity index (χ1n) is 5.78. The van der Waals surface area contributed by atoms with E-state index < -0.39 is 6.10 Å². The predicted molar refractivity (Wildman–Crippen MR) is 80.2 cm³/mol. The molecule has 0 aliphatic carbocycles. The van der Waals surface area contributed by atoms with Crippen molar-refractivity contribution in [3.05, 3.63) is 44.6 Å². The van der Waals surface area contributed by atoms with Crippen LogP contribution in [0.1, 0.15) is 16.5 Å². The number of rotatable bonds is 5. The Morgan fingerprint density at radius 3 is 2.58 bits per heavy atom. The van der Waals surface area contributed by atoms with Gasteiger partial charge in [0.25, 0.3) is 0 Å². The van der Waals surface area contributed by atoms with Crippen LogP contribution in [0.2, 0.25) is 0 Å². The third-order valence-corrected chi connectivity index (χ3v) is 4.47. The Balaban J connectivity index is 2.23. The number of methoxy groups -OCH3 is 2. The van der Waals surface area contributed by atoms with Gasteiger partial charge in [0.2, 0.25) is 0 Å². The van der Waals surface area contributed by atoms with Crippen LogP contribution in [-0.4, -0.2) is 19.3 Å². The zero-order valence-corrected chi connectivity index (χ0v) is 13.1. The van der Waals surface area contributed by atoms with Gasteiger partial charge in [0, 0.05) is 16.9 Å². The summed E-state index contributed by atoms with van der Waals surface area (Å²) in [7, 11) is 3.20. The molecular weight excluding hydrogens is 328 g/mol. The zero-order valence-electron chi connectivity index (χ0n) is 10.7. The predicted octanol–water partition coefficient (Wildman–Crippen LogP) is 3.80. The summed E-state index contributed by atoms with van der Waals surface area (Å²) in [4.78, 5) is 1.12. The molecule has 0 aliphatic heterocycles. The van der Waals surface area contributed by atoms with Crippen LogP contribution in [0.3, 0.4) is 0 Å². The zero-order chi connectivity index (χ0) is 13.8. The maximum atomic E-state index is 10.4. The number of aliphatic hydroxyl groups is 1. The molecule has 1 heterocycles. The summed E-state index contributed by atoms with van der Waals surface area (Å²) in [5, 5.41) is 10.4. The summed E-state index contributed by atoms with van der Waals surface area (Å²) >= 11 is 5.04. The Morgan fingerprint density at radius 2 is 2.00 bits per heavy atom. The second-order valence-corrected chi connectivity index (χ2v) is 6.58. The summed E-state index contributed by atoms with van der Waals surface area (Å²) in [6.07, 6.45) is -0.0598. The minimum atomic E-state index is -0.615. The van der Waals surface area contributed by atoms with E-state index >= 15 is 0 Å². The van der Waals surface area contributed by atoms with Crippen molar-refractivity contribution in [1.29, 1.82) is 0 Å². The van der Waals surface area contributed by atoms with Gasteiger partial charge in [0.1, 0.15) is 11.5 Å². The fourth-order valence-electron chi connectivity index (χ4n) is 1.86. The number of thiophene rings is 1. The van der Waals surface area contributed by atoms with E-state index in [1.54, 1.807) is 25.6 Å². The summed E-state index contributed by atoms with van der Waals surface area (Å²) in [5.41, 5.74) is 0.742. The summed E-state index contributed by atoms with van der Waals surface area (Å²) < 4.78 is 11.5. The minimum Gasteiger partial charge on any atom is -0.497 e. The normalized spacial score (nSPS) is 12.2. The fourth-order valence-corrected chi connectivity index (χ4v) is 3.38. The van der Waals surface area contributed by atoms with Gasteiger partial charge in [0.15, 0.2) is 0 Å². The number of ether oxygens (including phenoxy) is 2. The molecule has 2 aromatic rings. The van der Waals surface area contributed by atoms with Crippen molar-refractivity contribution >= 4 is 27.3 Å². The molecule has 0 fully saturated rings. The quantitative estimate of drug-likeness (QED) is 0.897. The highest BCUT2D eigenvalue weighted by Crippen LogP contribution is 2.33. The molecular formula is C14H15BrO3S. The summed E-state index contributed by atoms with van der Waals surface area (Å²) in [6, 6.07) is 9.42. The molecule has 1 aromatic carbocycles. The minimum absolute atomic E-state index is 0.555. The van der Waals surface area contributed by atoms with Crippen molar-refractivity contribution < 1.29 is 14.6 Å². The molecule has 102 valence electrons. The van der Waals surface area contributed by atoms with E-state index in [0.29, 0.717) is 17.9 Å². The fraction of sp³-hybridized carbons (Fsp3) is 0.286. The molecule has 0 saturated carbocycles. The molecule has 5 heteroatoms. The molecule has 3 nitrogen and oxygen atoms in total. The Hall–Kier alpha value is -1.04. The number of halogens is 1. The molecule has 0 spiro atoms. The SMILES string of the molecule is COc1ccc(OC)c(C(O)Cc2ccc(Br)s2)c1. The van der Waals surface area contributed by atoms with Crippen molar-refractivity contribution in [1.82, 2.24) is 0 Å². The molecule has 19 heavy (non-hydrogen) atoms. The lowest BCUT2D eigenvalue weighted by Crippen LogP contribution is -2.03. The molecule has 0 radical (unpaired) electrons. The Kier molecular flexibility index (Phi) is 4.85. The summed E-state index contributed by atoms with van der Waals surface area (Å²) in [6.45, 7) is 0. The molecule has 0 aliphatic rings. The van der Waals surface area contributed by atoms with Gasteiger partial charge >= 0.3 is 0 Å². The van der Waals surface area contributed by atoms with E-state index in [-0.39, 0.29) is 0 Å². The van der Waals surface area contributed by atoms with Crippen LogP contribution in [0, 0.1) is 0 Å². The average molecular weight is 343 g/mol. The third kappa shape index (κ3) is 3.49. The van der Waals surface area contributed by atoms with E-state index in [9.17, 15) is 5.11 Å². The first-order chi connectivity index (χ1) is 9.13. The highest BCUT2D eigenvalue weighted by Gasteiger charge is 2.16. The topological polar surface area (TPSA) is 38.7 Å². The number of aliphatic hydroxyl groups excluding tert-OH is 1. The van der Waals surface area contributed by atoms with Gasteiger partial charge in [-0.2, -0.15) is 0 Å². The lowest BCUT2D eigenvalue weighted by atomic mass is 10.0. The summed E-state index contributed by atoms with van der Waals surface area (Å²) in [5.74, 6) is 1.38. The molecule has 1 aromatic heterocycles. The van der Waals surface area contributed by atoms with Gasteiger partial charge in [0.05, 0.1) is 24.1 Å². The van der Waals surface area contributed by atoms with Crippen molar-refractivity contribution in [3.63, 3.8) is 0 Å². The molecule has 1 unspecified atom stereocenters. The maximum Gasteiger partial charge on any atom is 0.124 e. The molecule has 0 bridgehead atoms. The van der Waals surface area contributed by atoms with E-state index in [1.807, 2.05) is 30.3 Å². The number of hydrogen-bond acceptors (Lipinski definition) is 4. The average Bonchev–Trinajstić information content (AvgIpc) is 2.83. The first kappa shape index (κ1) is 14.4. The van der Waals surface area contributed by atoms with E-state index in [1.165, 1.54) is 0 Å². The van der Waals surface area contributed by atoms with Crippen LogP contribution in [-0.2, 0) is 6.42 Å². The second kappa shape index (κ2) is 6.41. The standard InChI is InChI=1S/C14H15BrO3S/c1-17-9-3-5-13(18-2)11(7-9)12(16)8-10-4-6-14(15)19-10/h3-7,12,16H,8H2,1-2H3. The van der Waals surface area contributed by atoms with Crippen LogP contribution >= 0.6 is 27.3 Å². The Labute approximate surface area is 124 Å². The first-order valence-corrected chi connectivity index (χ1v) is 7.39. The largest absolute Gasteiger partial charge is 0.497 e. The molecule has 0 amide bonds. The highest BCUT2D eigenvalue weighted by atomic mass is 79.9. The van der Waals surface area contributed by atoms with Crippen molar-refractivity contribution in [2.75, 3.05) is 14.2 Å². The van der Waals surface area contributed by atoms with Crippen LogP contribution in [0.25, 0.3) is 0 Å². The maximum absolute atomic E-state index is 10.4. The second-order valence-electron chi connectivity index (χ2n) is 4.03. The van der Waals surface area contributed by atoms with Crippen LogP contribution in [0.5, 0.6) is 11.5 Å². The Bertz CT molecular complexity index is 553. The van der Waals surface area contributed by atoms with Crippen molar-refractivity contribution in [3.8, 4) is 11.5 Å². The van der Waals surface area contributed by atoms with E-state index in [0.717, 1.165) is 14.2 Å².